The van der Waals surface area contributed by atoms with Gasteiger partial charge in [-0.3, -0.25) is 19.4 Å². The predicted octanol–water partition coefficient (Wildman–Crippen LogP) is 2.57. The van der Waals surface area contributed by atoms with Crippen molar-refractivity contribution in [1.82, 2.24) is 9.80 Å². The summed E-state index contributed by atoms with van der Waals surface area (Å²) in [6, 6.07) is 12.0. The molecule has 4 rings (SSSR count). The van der Waals surface area contributed by atoms with Gasteiger partial charge < -0.3 is 9.45 Å². The topological polar surface area (TPSA) is 101 Å². The van der Waals surface area contributed by atoms with Crippen molar-refractivity contribution in [2.75, 3.05) is 30.3 Å². The van der Waals surface area contributed by atoms with E-state index in [2.05, 4.69) is 0 Å². The van der Waals surface area contributed by atoms with Gasteiger partial charge in [-0.15, -0.1) is 0 Å². The van der Waals surface area contributed by atoms with E-state index < -0.39 is 15.9 Å². The Morgan fingerprint density at radius 1 is 0.857 bits per heavy atom. The number of nitrogens with zero attached hydrogens (tertiary/aromatic N) is 3. The average Bonchev–Trinajstić information content (AvgIpc) is 3.29. The molecule has 0 N–H and O–H groups in total. The molecule has 2 aliphatic heterocycles. The minimum Gasteiger partial charge on any atom is -0.748 e. The zero-order valence-corrected chi connectivity index (χ0v) is 28.7. The molecule has 2 aliphatic rings. The van der Waals surface area contributed by atoms with E-state index in [1.165, 1.54) is 15.9 Å². The first-order chi connectivity index (χ1) is 19.7. The van der Waals surface area contributed by atoms with Crippen LogP contribution >= 0.6 is 24.0 Å². The maximum atomic E-state index is 13.2. The van der Waals surface area contributed by atoms with Crippen LogP contribution in [0, 0.1) is 0 Å². The molecule has 12 heteroatoms. The molecule has 0 saturated carbocycles. The molecular formula is C30H34N3NaO5S3. The molecule has 0 atom stereocenters. The maximum Gasteiger partial charge on any atom is 1.00 e. The van der Waals surface area contributed by atoms with Crippen molar-refractivity contribution in [2.24, 2.45) is 0 Å². The van der Waals surface area contributed by atoms with Gasteiger partial charge in [0.15, 0.2) is 5.11 Å². The monoisotopic (exact) mass is 635 g/mol. The second-order valence-electron chi connectivity index (χ2n) is 9.88. The Balaban J connectivity index is 0.00000484. The van der Waals surface area contributed by atoms with Crippen molar-refractivity contribution in [3.05, 3.63) is 71.3 Å². The number of amides is 2. The van der Waals surface area contributed by atoms with Crippen LogP contribution in [-0.4, -0.2) is 65.1 Å². The van der Waals surface area contributed by atoms with Crippen molar-refractivity contribution in [3.8, 4) is 0 Å². The van der Waals surface area contributed by atoms with Crippen molar-refractivity contribution in [2.45, 2.75) is 50.8 Å². The molecule has 2 aromatic rings. The molecule has 8 nitrogen and oxygen atoms in total. The van der Waals surface area contributed by atoms with Gasteiger partial charge >= 0.3 is 29.6 Å². The van der Waals surface area contributed by atoms with Crippen LogP contribution in [0.25, 0.3) is 10.8 Å². The zero-order chi connectivity index (χ0) is 29.6. The van der Waals surface area contributed by atoms with Gasteiger partial charge in [-0.25, -0.2) is 8.42 Å². The molecule has 42 heavy (non-hydrogen) atoms. The second-order valence-corrected chi connectivity index (χ2v) is 12.8. The fourth-order valence-corrected chi connectivity index (χ4v) is 6.73. The number of thioether (sulfide) groups is 1. The van der Waals surface area contributed by atoms with E-state index in [4.69, 9.17) is 12.2 Å². The zero-order valence-electron chi connectivity index (χ0n) is 24.2. The van der Waals surface area contributed by atoms with E-state index in [0.717, 1.165) is 52.1 Å². The van der Waals surface area contributed by atoms with Crippen molar-refractivity contribution >= 4 is 67.5 Å². The van der Waals surface area contributed by atoms with Crippen LogP contribution in [0.5, 0.6) is 0 Å². The van der Waals surface area contributed by atoms with Crippen LogP contribution in [-0.2, 0) is 19.7 Å². The number of hydrogen-bond acceptors (Lipinski definition) is 8. The quantitative estimate of drug-likeness (QED) is 0.115. The van der Waals surface area contributed by atoms with Gasteiger partial charge in [0, 0.05) is 35.7 Å². The molecule has 218 valence electrons. The number of unbranched alkanes of at least 4 members (excludes halogenated alkanes) is 2. The number of anilines is 1. The number of benzene rings is 2. The summed E-state index contributed by atoms with van der Waals surface area (Å²) in [5.41, 5.74) is 1.05. The number of carbonyl (C=O) groups is 2. The summed E-state index contributed by atoms with van der Waals surface area (Å²) in [6.45, 7) is 5.35. The van der Waals surface area contributed by atoms with Gasteiger partial charge in [0.1, 0.15) is 5.57 Å². The first-order valence-electron chi connectivity index (χ1n) is 13.8. The van der Waals surface area contributed by atoms with Gasteiger partial charge in [0.2, 0.25) is 0 Å². The van der Waals surface area contributed by atoms with Gasteiger partial charge in [-0.2, -0.15) is 0 Å². The van der Waals surface area contributed by atoms with Crippen molar-refractivity contribution in [1.29, 1.82) is 0 Å². The fraction of sp³-hybridized carbons (Fsp3) is 0.367. The Morgan fingerprint density at radius 3 is 2.07 bits per heavy atom. The molecular weight excluding hydrogens is 602 g/mol. The normalized spacial score (nSPS) is 16.6. The van der Waals surface area contributed by atoms with Gasteiger partial charge in [-0.05, 0) is 55.1 Å². The molecule has 0 unspecified atom stereocenters. The first-order valence-corrected chi connectivity index (χ1v) is 16.6. The fourth-order valence-electron chi connectivity index (χ4n) is 4.78. The molecule has 0 bridgehead atoms. The van der Waals surface area contributed by atoms with Crippen LogP contribution in [0.1, 0.15) is 46.0 Å². The van der Waals surface area contributed by atoms with Crippen LogP contribution in [0.2, 0.25) is 0 Å². The molecule has 2 heterocycles. The molecule has 0 spiro atoms. The van der Waals surface area contributed by atoms with Gasteiger partial charge in [0.05, 0.1) is 20.8 Å². The average molecular weight is 636 g/mol. The minimum absolute atomic E-state index is 0. The minimum atomic E-state index is -4.33. The Kier molecular flexibility index (Phi) is 12.9. The number of carbonyl (C=O) groups excluding carboxylic acids is 2. The summed E-state index contributed by atoms with van der Waals surface area (Å²) in [4.78, 5) is 32.6. The molecule has 0 radical (unpaired) electrons. The molecule has 1 saturated heterocycles. The Morgan fingerprint density at radius 2 is 1.45 bits per heavy atom. The van der Waals surface area contributed by atoms with Crippen LogP contribution in [0.15, 0.2) is 76.2 Å². The van der Waals surface area contributed by atoms with E-state index in [1.54, 1.807) is 23.9 Å². The third-order valence-electron chi connectivity index (χ3n) is 6.89. The molecule has 1 fully saturated rings. The van der Waals surface area contributed by atoms with E-state index in [1.807, 2.05) is 61.2 Å². The summed E-state index contributed by atoms with van der Waals surface area (Å²) in [6.07, 6.45) is 10.4. The van der Waals surface area contributed by atoms with Gasteiger partial charge in [0.25, 0.3) is 11.8 Å². The van der Waals surface area contributed by atoms with E-state index in [9.17, 15) is 22.6 Å². The standard InChI is InChI=1S/C30H35N3O5S3.Na/c1-3-5-18-32-28(34)24(29(35)33(30(32)39)19-6-4-2)14-9-10-15-26-31(20-11-21-41(36,37)38)27-23-13-8-7-12-22(23)16-17-25(27)40-26;/h7-10,12-17H,3-6,11,18-21H2,1-2H3,(H,36,37,38);/q;+1/p-1/b10-9+,26-15-;. The largest absolute Gasteiger partial charge is 1.00 e. The molecule has 0 aromatic heterocycles. The van der Waals surface area contributed by atoms with Crippen LogP contribution < -0.4 is 34.5 Å². The Bertz CT molecular complexity index is 1510. The third-order valence-corrected chi connectivity index (χ3v) is 9.23. The number of hydrogen-bond donors (Lipinski definition) is 0. The van der Waals surface area contributed by atoms with E-state index >= 15 is 0 Å². The van der Waals surface area contributed by atoms with Crippen molar-refractivity contribution in [3.63, 3.8) is 0 Å². The first kappa shape index (κ1) is 34.5. The second kappa shape index (κ2) is 15.7. The summed E-state index contributed by atoms with van der Waals surface area (Å²) in [5, 5.41) is 3.21. The Hall–Kier alpha value is -1.99. The van der Waals surface area contributed by atoms with Crippen LogP contribution in [0.3, 0.4) is 0 Å². The summed E-state index contributed by atoms with van der Waals surface area (Å²) < 4.78 is 33.8. The summed E-state index contributed by atoms with van der Waals surface area (Å²) in [5.74, 6) is -1.21. The smallest absolute Gasteiger partial charge is 0.748 e. The van der Waals surface area contributed by atoms with E-state index in [-0.39, 0.29) is 58.5 Å². The molecule has 2 amide bonds. The number of allylic oxidation sites excluding steroid dienone is 4. The molecule has 0 aliphatic carbocycles. The molecule has 2 aromatic carbocycles. The van der Waals surface area contributed by atoms with Crippen molar-refractivity contribution < 1.29 is 52.1 Å². The predicted molar refractivity (Wildman–Crippen MR) is 167 cm³/mol. The number of thiocarbonyl (C=S) groups is 1. The number of rotatable bonds is 12. The van der Waals surface area contributed by atoms with Gasteiger partial charge in [-0.1, -0.05) is 80.9 Å². The maximum absolute atomic E-state index is 13.2. The number of fused-ring (bicyclic) bond motifs is 3. The van der Waals surface area contributed by atoms with Crippen LogP contribution in [0.4, 0.5) is 5.69 Å². The third kappa shape index (κ3) is 8.13. The SMILES string of the molecule is CCCCN1C(=O)C(=C/C=C/C=C2\Sc3ccc4ccccc4c3N2CCCS(=O)(=O)[O-])C(=O)N(CCCC)C1=S.[Na+]. The Labute approximate surface area is 279 Å². The summed E-state index contributed by atoms with van der Waals surface area (Å²) in [7, 11) is -4.33. The summed E-state index contributed by atoms with van der Waals surface area (Å²) >= 11 is 7.06. The van der Waals surface area contributed by atoms with E-state index in [0.29, 0.717) is 19.6 Å².